The third-order valence-corrected chi connectivity index (χ3v) is 5.55. The molecular weight excluding hydrogens is 427 g/mol. The first-order chi connectivity index (χ1) is 15.3. The van der Waals surface area contributed by atoms with Crippen molar-refractivity contribution in [2.24, 2.45) is 0 Å². The number of aromatic nitrogens is 2. The average molecular weight is 449 g/mol. The van der Waals surface area contributed by atoms with E-state index in [1.807, 2.05) is 0 Å². The minimum atomic E-state index is -4.57. The van der Waals surface area contributed by atoms with Crippen molar-refractivity contribution in [3.8, 4) is 11.5 Å². The van der Waals surface area contributed by atoms with E-state index in [0.29, 0.717) is 30.9 Å². The molecule has 0 bridgehead atoms. The highest BCUT2D eigenvalue weighted by molar-refractivity contribution is 5.81. The first kappa shape index (κ1) is 21.9. The van der Waals surface area contributed by atoms with Gasteiger partial charge in [0.25, 0.3) is 11.6 Å². The van der Waals surface area contributed by atoms with Gasteiger partial charge in [-0.25, -0.2) is 4.98 Å². The van der Waals surface area contributed by atoms with Crippen LogP contribution >= 0.6 is 0 Å². The predicted molar refractivity (Wildman–Crippen MR) is 109 cm³/mol. The van der Waals surface area contributed by atoms with Gasteiger partial charge in [-0.15, -0.1) is 0 Å². The van der Waals surface area contributed by atoms with Crippen molar-refractivity contribution in [3.05, 3.63) is 47.3 Å². The SMILES string of the molecule is COc1ccccc1OCC(=O)N1CCC[C@@H](c2cc(C(F)(F)F)c3c(C)noc3n2)C1. The summed E-state index contributed by atoms with van der Waals surface area (Å²) in [6.07, 6.45) is -3.32. The summed E-state index contributed by atoms with van der Waals surface area (Å²) >= 11 is 0. The van der Waals surface area contributed by atoms with Gasteiger partial charge in [-0.3, -0.25) is 4.79 Å². The van der Waals surface area contributed by atoms with Gasteiger partial charge in [0.1, 0.15) is 0 Å². The molecule has 0 saturated carbocycles. The van der Waals surface area contributed by atoms with Crippen LogP contribution in [-0.4, -0.2) is 47.8 Å². The lowest BCUT2D eigenvalue weighted by Gasteiger charge is -2.32. The maximum Gasteiger partial charge on any atom is 0.417 e. The fraction of sp³-hybridized carbons (Fsp3) is 0.409. The van der Waals surface area contributed by atoms with Gasteiger partial charge in [-0.1, -0.05) is 17.3 Å². The van der Waals surface area contributed by atoms with Gasteiger partial charge >= 0.3 is 6.18 Å². The molecule has 0 aliphatic carbocycles. The zero-order valence-electron chi connectivity index (χ0n) is 17.6. The second kappa shape index (κ2) is 8.68. The Labute approximate surface area is 182 Å². The number of rotatable bonds is 5. The zero-order chi connectivity index (χ0) is 22.9. The van der Waals surface area contributed by atoms with Crippen LogP contribution in [0.25, 0.3) is 11.1 Å². The number of hydrogen-bond donors (Lipinski definition) is 0. The van der Waals surface area contributed by atoms with Crippen molar-refractivity contribution < 1.29 is 32.0 Å². The Morgan fingerprint density at radius 3 is 2.75 bits per heavy atom. The molecule has 4 rings (SSSR count). The lowest BCUT2D eigenvalue weighted by atomic mass is 9.92. The van der Waals surface area contributed by atoms with Gasteiger partial charge in [-0.2, -0.15) is 13.2 Å². The highest BCUT2D eigenvalue weighted by atomic mass is 19.4. The molecular formula is C22H22F3N3O4. The summed E-state index contributed by atoms with van der Waals surface area (Å²) in [5, 5.41) is 3.51. The Morgan fingerprint density at radius 1 is 1.28 bits per heavy atom. The number of aryl methyl sites for hydroxylation is 1. The van der Waals surface area contributed by atoms with E-state index in [0.717, 1.165) is 6.07 Å². The van der Waals surface area contributed by atoms with Crippen molar-refractivity contribution in [2.45, 2.75) is 31.9 Å². The van der Waals surface area contributed by atoms with Crippen LogP contribution in [0.3, 0.4) is 0 Å². The third-order valence-electron chi connectivity index (χ3n) is 5.55. The van der Waals surface area contributed by atoms with E-state index >= 15 is 0 Å². The Hall–Kier alpha value is -3.30. The van der Waals surface area contributed by atoms with Gasteiger partial charge in [0.05, 0.1) is 29.4 Å². The van der Waals surface area contributed by atoms with Crippen LogP contribution in [-0.2, 0) is 11.0 Å². The summed E-state index contributed by atoms with van der Waals surface area (Å²) < 4.78 is 56.8. The maximum atomic E-state index is 13.7. The number of carbonyl (C=O) groups is 1. The van der Waals surface area contributed by atoms with E-state index < -0.39 is 11.7 Å². The van der Waals surface area contributed by atoms with E-state index in [1.54, 1.807) is 29.2 Å². The molecule has 1 aliphatic rings. The number of ether oxygens (including phenoxy) is 2. The molecule has 2 aromatic heterocycles. The molecule has 7 nitrogen and oxygen atoms in total. The van der Waals surface area contributed by atoms with Crippen molar-refractivity contribution in [1.29, 1.82) is 0 Å². The smallest absolute Gasteiger partial charge is 0.417 e. The number of piperidine rings is 1. The highest BCUT2D eigenvalue weighted by Gasteiger charge is 2.37. The summed E-state index contributed by atoms with van der Waals surface area (Å²) in [5.74, 6) is 0.346. The molecule has 32 heavy (non-hydrogen) atoms. The van der Waals surface area contributed by atoms with Crippen molar-refractivity contribution in [1.82, 2.24) is 15.0 Å². The van der Waals surface area contributed by atoms with Crippen molar-refractivity contribution in [2.75, 3.05) is 26.8 Å². The molecule has 3 aromatic rings. The number of alkyl halides is 3. The number of likely N-dealkylation sites (tertiary alicyclic amines) is 1. The van der Waals surface area contributed by atoms with Gasteiger partial charge in [-0.05, 0) is 38.0 Å². The highest BCUT2D eigenvalue weighted by Crippen LogP contribution is 2.38. The zero-order valence-corrected chi connectivity index (χ0v) is 17.6. The van der Waals surface area contributed by atoms with Crippen molar-refractivity contribution >= 4 is 17.0 Å². The molecule has 0 N–H and O–H groups in total. The second-order valence-electron chi connectivity index (χ2n) is 7.66. The second-order valence-corrected chi connectivity index (χ2v) is 7.66. The van der Waals surface area contributed by atoms with E-state index in [4.69, 9.17) is 14.0 Å². The summed E-state index contributed by atoms with van der Waals surface area (Å²) in [6.45, 7) is 2.00. The van der Waals surface area contributed by atoms with Gasteiger partial charge in [0.15, 0.2) is 18.1 Å². The van der Waals surface area contributed by atoms with Gasteiger partial charge in [0, 0.05) is 19.0 Å². The van der Waals surface area contributed by atoms with Crippen molar-refractivity contribution in [3.63, 3.8) is 0 Å². The number of hydrogen-bond acceptors (Lipinski definition) is 6. The Balaban J connectivity index is 1.51. The largest absolute Gasteiger partial charge is 0.493 e. The molecule has 0 spiro atoms. The predicted octanol–water partition coefficient (Wildman–Crippen LogP) is 4.34. The number of methoxy groups -OCH3 is 1. The minimum Gasteiger partial charge on any atom is -0.493 e. The summed E-state index contributed by atoms with van der Waals surface area (Å²) in [7, 11) is 1.51. The number of pyridine rings is 1. The van der Waals surface area contributed by atoms with Crippen LogP contribution in [0.5, 0.6) is 11.5 Å². The normalized spacial score (nSPS) is 16.9. The van der Waals surface area contributed by atoms with Gasteiger partial charge in [0.2, 0.25) is 0 Å². The monoisotopic (exact) mass is 449 g/mol. The number of fused-ring (bicyclic) bond motifs is 1. The summed E-state index contributed by atoms with van der Waals surface area (Å²) in [4.78, 5) is 18.6. The van der Waals surface area contributed by atoms with E-state index in [9.17, 15) is 18.0 Å². The van der Waals surface area contributed by atoms with E-state index in [1.165, 1.54) is 14.0 Å². The molecule has 1 amide bonds. The fourth-order valence-electron chi connectivity index (χ4n) is 3.96. The fourth-order valence-corrected chi connectivity index (χ4v) is 3.96. The molecule has 10 heteroatoms. The third kappa shape index (κ3) is 4.35. The number of benzene rings is 1. The van der Waals surface area contributed by atoms with Crippen LogP contribution < -0.4 is 9.47 Å². The quantitative estimate of drug-likeness (QED) is 0.577. The molecule has 1 fully saturated rings. The van der Waals surface area contributed by atoms with E-state index in [2.05, 4.69) is 10.1 Å². The van der Waals surface area contributed by atoms with E-state index in [-0.39, 0.29) is 47.5 Å². The molecule has 1 aliphatic heterocycles. The maximum absolute atomic E-state index is 13.7. The first-order valence-electron chi connectivity index (χ1n) is 10.2. The molecule has 1 aromatic carbocycles. The molecule has 1 atom stereocenters. The Morgan fingerprint density at radius 2 is 2.03 bits per heavy atom. The molecule has 1 saturated heterocycles. The van der Waals surface area contributed by atoms with Gasteiger partial charge < -0.3 is 18.9 Å². The Kier molecular flexibility index (Phi) is 5.94. The topological polar surface area (TPSA) is 77.7 Å². The number of amides is 1. The number of para-hydroxylation sites is 2. The molecule has 3 heterocycles. The Bertz CT molecular complexity index is 1130. The molecule has 170 valence electrons. The molecule has 0 radical (unpaired) electrons. The number of carbonyl (C=O) groups excluding carboxylic acids is 1. The average Bonchev–Trinajstić information content (AvgIpc) is 3.17. The lowest BCUT2D eigenvalue weighted by Crippen LogP contribution is -2.41. The van der Waals surface area contributed by atoms with Crippen LogP contribution in [0.15, 0.2) is 34.9 Å². The number of halogens is 3. The summed E-state index contributed by atoms with van der Waals surface area (Å²) in [5.41, 5.74) is -0.584. The van der Waals surface area contributed by atoms with Crippen LogP contribution in [0.4, 0.5) is 13.2 Å². The summed E-state index contributed by atoms with van der Waals surface area (Å²) in [6, 6.07) is 8.03. The standard InChI is InChI=1S/C22H22F3N3O4/c1-13-20-15(22(23,24)25)10-16(26-21(20)32-27-13)14-6-5-9-28(11-14)19(29)12-31-18-8-4-3-7-17(18)30-2/h3-4,7-8,10,14H,5-6,9,11-12H2,1-2H3/t14-/m1/s1. The minimum absolute atomic E-state index is 0.129. The van der Waals surface area contributed by atoms with Crippen LogP contribution in [0.1, 0.15) is 35.7 Å². The first-order valence-corrected chi connectivity index (χ1v) is 10.2. The molecule has 0 unspecified atom stereocenters. The van der Waals surface area contributed by atoms with Crippen LogP contribution in [0, 0.1) is 6.92 Å². The van der Waals surface area contributed by atoms with Crippen LogP contribution in [0.2, 0.25) is 0 Å². The lowest BCUT2D eigenvalue weighted by molar-refractivity contribution is -0.137. The number of nitrogens with zero attached hydrogens (tertiary/aromatic N) is 3.